The van der Waals surface area contributed by atoms with Crippen molar-refractivity contribution in [3.8, 4) is 33.4 Å². The molecule has 262 valence electrons. The lowest BCUT2D eigenvalue weighted by Crippen LogP contribution is -2.10. The highest BCUT2D eigenvalue weighted by Crippen LogP contribution is 2.45. The van der Waals surface area contributed by atoms with E-state index in [1.54, 1.807) is 0 Å². The maximum absolute atomic E-state index is 6.69. The second-order valence-electron chi connectivity index (χ2n) is 14.4. The summed E-state index contributed by atoms with van der Waals surface area (Å²) < 4.78 is 6.69. The van der Waals surface area contributed by atoms with Gasteiger partial charge in [0.15, 0.2) is 0 Å². The van der Waals surface area contributed by atoms with E-state index >= 15 is 0 Å². The Kier molecular flexibility index (Phi) is 7.53. The Bertz CT molecular complexity index is 3230. The van der Waals surface area contributed by atoms with Crippen LogP contribution in [0, 0.1) is 0 Å². The van der Waals surface area contributed by atoms with Crippen molar-refractivity contribution in [2.24, 2.45) is 0 Å². The number of benzene rings is 10. The van der Waals surface area contributed by atoms with Gasteiger partial charge in [-0.1, -0.05) is 170 Å². The van der Waals surface area contributed by atoms with E-state index in [0.717, 1.165) is 49.8 Å². The highest BCUT2D eigenvalue weighted by molar-refractivity contribution is 6.19. The molecule has 11 rings (SSSR count). The predicted octanol–water partition coefficient (Wildman–Crippen LogP) is 15.5. The second-order valence-corrected chi connectivity index (χ2v) is 14.4. The van der Waals surface area contributed by atoms with Gasteiger partial charge in [-0.15, -0.1) is 0 Å². The van der Waals surface area contributed by atoms with E-state index in [0.29, 0.717) is 0 Å². The third-order valence-corrected chi connectivity index (χ3v) is 11.3. The van der Waals surface area contributed by atoms with Gasteiger partial charge in [0.1, 0.15) is 11.2 Å². The number of furan rings is 1. The Morgan fingerprint density at radius 3 is 1.66 bits per heavy atom. The van der Waals surface area contributed by atoms with Gasteiger partial charge in [-0.05, 0) is 103 Å². The second kappa shape index (κ2) is 13.2. The Labute approximate surface area is 325 Å². The van der Waals surface area contributed by atoms with Gasteiger partial charge in [-0.25, -0.2) is 0 Å². The van der Waals surface area contributed by atoms with E-state index < -0.39 is 0 Å². The minimum Gasteiger partial charge on any atom is -0.455 e. The van der Waals surface area contributed by atoms with Crippen LogP contribution in [0.2, 0.25) is 0 Å². The molecule has 56 heavy (non-hydrogen) atoms. The molecule has 0 atom stereocenters. The average molecular weight is 714 g/mol. The zero-order chi connectivity index (χ0) is 37.0. The molecule has 0 radical (unpaired) electrons. The maximum atomic E-state index is 6.69. The third-order valence-electron chi connectivity index (χ3n) is 11.3. The fraction of sp³-hybridized carbons (Fsp3) is 0. The molecule has 0 saturated heterocycles. The lowest BCUT2D eigenvalue weighted by molar-refractivity contribution is 0.672. The lowest BCUT2D eigenvalue weighted by Gasteiger charge is -2.27. The quantitative estimate of drug-likeness (QED) is 0.171. The number of rotatable bonds is 6. The first-order valence-corrected chi connectivity index (χ1v) is 19.2. The summed E-state index contributed by atoms with van der Waals surface area (Å²) in [7, 11) is 0. The van der Waals surface area contributed by atoms with Crippen LogP contribution < -0.4 is 4.90 Å². The van der Waals surface area contributed by atoms with Gasteiger partial charge in [0.05, 0.1) is 5.69 Å². The highest BCUT2D eigenvalue weighted by Gasteiger charge is 2.21. The van der Waals surface area contributed by atoms with Crippen LogP contribution in [0.5, 0.6) is 0 Å². The molecule has 0 amide bonds. The molecular formula is C54H35NO. The minimum absolute atomic E-state index is 0.893. The summed E-state index contributed by atoms with van der Waals surface area (Å²) >= 11 is 0. The molecule has 0 fully saturated rings. The van der Waals surface area contributed by atoms with Gasteiger partial charge in [0.25, 0.3) is 0 Å². The van der Waals surface area contributed by atoms with Crippen molar-refractivity contribution in [2.45, 2.75) is 0 Å². The number of nitrogens with zero attached hydrogens (tertiary/aromatic N) is 1. The summed E-state index contributed by atoms with van der Waals surface area (Å²) in [5.41, 5.74) is 12.2. The molecule has 0 bridgehead atoms. The van der Waals surface area contributed by atoms with E-state index in [-0.39, 0.29) is 0 Å². The van der Waals surface area contributed by atoms with Gasteiger partial charge in [0, 0.05) is 27.5 Å². The van der Waals surface area contributed by atoms with E-state index in [4.69, 9.17) is 4.42 Å². The van der Waals surface area contributed by atoms with Crippen LogP contribution in [0.3, 0.4) is 0 Å². The SMILES string of the molecule is c1ccc(-c2c(-c3ccc(N(c4ccc(-c5cccc6ccccc56)cc4)c4cccc5ccc6c7ccccc7oc6c45)cc3)ccc3ccccc23)cc1. The monoisotopic (exact) mass is 713 g/mol. The molecule has 2 nitrogen and oxygen atoms in total. The predicted molar refractivity (Wildman–Crippen MR) is 237 cm³/mol. The van der Waals surface area contributed by atoms with Crippen LogP contribution >= 0.6 is 0 Å². The molecule has 11 aromatic rings. The topological polar surface area (TPSA) is 16.4 Å². The molecule has 0 unspecified atom stereocenters. The van der Waals surface area contributed by atoms with E-state index in [1.807, 2.05) is 6.07 Å². The summed E-state index contributed by atoms with van der Waals surface area (Å²) in [6.07, 6.45) is 0. The molecule has 0 spiro atoms. The van der Waals surface area contributed by atoms with Crippen LogP contribution in [-0.4, -0.2) is 0 Å². The molecule has 0 saturated carbocycles. The van der Waals surface area contributed by atoms with Gasteiger partial charge >= 0.3 is 0 Å². The summed E-state index contributed by atoms with van der Waals surface area (Å²) in [5, 5.41) is 9.43. The largest absolute Gasteiger partial charge is 0.455 e. The molecule has 0 aliphatic heterocycles. The van der Waals surface area contributed by atoms with Crippen molar-refractivity contribution in [2.75, 3.05) is 4.90 Å². The fourth-order valence-electron chi connectivity index (χ4n) is 8.63. The molecule has 2 heteroatoms. The van der Waals surface area contributed by atoms with Gasteiger partial charge in [-0.2, -0.15) is 0 Å². The molecule has 0 N–H and O–H groups in total. The van der Waals surface area contributed by atoms with Crippen molar-refractivity contribution in [1.82, 2.24) is 0 Å². The molecular weight excluding hydrogens is 679 g/mol. The fourth-order valence-corrected chi connectivity index (χ4v) is 8.63. The molecule has 10 aromatic carbocycles. The number of hydrogen-bond donors (Lipinski definition) is 0. The number of fused-ring (bicyclic) bond motifs is 7. The van der Waals surface area contributed by atoms with Crippen LogP contribution in [0.15, 0.2) is 217 Å². The molecule has 1 aromatic heterocycles. The van der Waals surface area contributed by atoms with Crippen molar-refractivity contribution >= 4 is 71.3 Å². The highest BCUT2D eigenvalue weighted by atomic mass is 16.3. The van der Waals surface area contributed by atoms with Crippen molar-refractivity contribution < 1.29 is 4.42 Å². The lowest BCUT2D eigenvalue weighted by atomic mass is 9.89. The number of anilines is 3. The zero-order valence-corrected chi connectivity index (χ0v) is 30.6. The van der Waals surface area contributed by atoms with Crippen molar-refractivity contribution in [3.05, 3.63) is 212 Å². The van der Waals surface area contributed by atoms with E-state index in [9.17, 15) is 0 Å². The molecule has 0 aliphatic carbocycles. The van der Waals surface area contributed by atoms with Gasteiger partial charge in [-0.3, -0.25) is 0 Å². The Morgan fingerprint density at radius 1 is 0.321 bits per heavy atom. The standard InChI is InChI=1S/C54H35NO/c1-2-14-40(15-3-1)52-46-19-7-5-13-37(46)28-34-47(52)39-26-32-43(33-27-39)55(42-30-24-38(25-31-42)45-21-10-16-36-12-4-6-18-44(36)45)50-22-11-17-41-29-35-49-48-20-8-9-23-51(48)56-54(49)53(41)50/h1-35H. The number of para-hydroxylation sites is 1. The van der Waals surface area contributed by atoms with E-state index in [1.165, 1.54) is 54.9 Å². The van der Waals surface area contributed by atoms with Crippen LogP contribution in [-0.2, 0) is 0 Å². The third kappa shape index (κ3) is 5.26. The summed E-state index contributed by atoms with van der Waals surface area (Å²) in [5.74, 6) is 0. The molecule has 1 heterocycles. The van der Waals surface area contributed by atoms with Crippen molar-refractivity contribution in [3.63, 3.8) is 0 Å². The summed E-state index contributed by atoms with van der Waals surface area (Å²) in [6, 6.07) is 76.4. The van der Waals surface area contributed by atoms with Gasteiger partial charge in [0.2, 0.25) is 0 Å². The normalized spacial score (nSPS) is 11.6. The van der Waals surface area contributed by atoms with Crippen LogP contribution in [0.25, 0.3) is 87.6 Å². The zero-order valence-electron chi connectivity index (χ0n) is 30.6. The Morgan fingerprint density at radius 2 is 0.893 bits per heavy atom. The first-order chi connectivity index (χ1) is 27.8. The maximum Gasteiger partial charge on any atom is 0.145 e. The molecule has 0 aliphatic rings. The van der Waals surface area contributed by atoms with Gasteiger partial charge < -0.3 is 9.32 Å². The first kappa shape index (κ1) is 32.0. The average Bonchev–Trinajstić information content (AvgIpc) is 3.66. The van der Waals surface area contributed by atoms with Crippen LogP contribution in [0.4, 0.5) is 17.1 Å². The summed E-state index contributed by atoms with van der Waals surface area (Å²) in [6.45, 7) is 0. The Hall–Kier alpha value is -7.42. The number of hydrogen-bond acceptors (Lipinski definition) is 2. The Balaban J connectivity index is 1.10. The van der Waals surface area contributed by atoms with Crippen molar-refractivity contribution in [1.29, 1.82) is 0 Å². The van der Waals surface area contributed by atoms with Crippen LogP contribution in [0.1, 0.15) is 0 Å². The summed E-state index contributed by atoms with van der Waals surface area (Å²) in [4.78, 5) is 2.38. The first-order valence-electron chi connectivity index (χ1n) is 19.2. The smallest absolute Gasteiger partial charge is 0.145 e. The minimum atomic E-state index is 0.893. The van der Waals surface area contributed by atoms with E-state index in [2.05, 4.69) is 211 Å².